The molecular weight excluding hydrogens is 264 g/mol. The van der Waals surface area contributed by atoms with Crippen molar-refractivity contribution in [1.82, 2.24) is 15.2 Å². The average Bonchev–Trinajstić information content (AvgIpc) is 2.75. The van der Waals surface area contributed by atoms with Gasteiger partial charge in [-0.3, -0.25) is 15.2 Å². The zero-order chi connectivity index (χ0) is 10.8. The van der Waals surface area contributed by atoms with Gasteiger partial charge in [-0.25, -0.2) is 0 Å². The van der Waals surface area contributed by atoms with Crippen LogP contribution in [0.5, 0.6) is 0 Å². The molecule has 0 spiro atoms. The second kappa shape index (κ2) is 3.85. The minimum atomic E-state index is -0.389. The van der Waals surface area contributed by atoms with Gasteiger partial charge in [0.2, 0.25) is 5.95 Å². The molecule has 2 aromatic heterocycles. The molecule has 1 amide bonds. The Bertz CT molecular complexity index is 490. The number of carbonyl (C=O) groups is 1. The molecule has 0 saturated carbocycles. The third-order valence-electron chi connectivity index (χ3n) is 1.62. The number of aromatic nitrogens is 3. The lowest BCUT2D eigenvalue weighted by Crippen LogP contribution is -2.11. The van der Waals surface area contributed by atoms with E-state index in [1.807, 2.05) is 0 Å². The number of amides is 1. The number of hydrogen-bond donors (Lipinski definition) is 2. The number of hydrogen-bond acceptors (Lipinski definition) is 4. The Kier molecular flexibility index (Phi) is 2.55. The van der Waals surface area contributed by atoms with Crippen LogP contribution in [0.2, 0.25) is 0 Å². The van der Waals surface area contributed by atoms with Gasteiger partial charge < -0.3 is 4.42 Å². The fraction of sp³-hybridized carbons (Fsp3) is 0.125. The molecule has 0 fully saturated rings. The summed E-state index contributed by atoms with van der Waals surface area (Å²) in [6.45, 7) is 1.74. The molecule has 0 aliphatic carbocycles. The van der Waals surface area contributed by atoms with E-state index in [2.05, 4.69) is 36.4 Å². The summed E-state index contributed by atoms with van der Waals surface area (Å²) in [5.41, 5.74) is 0. The Hall–Kier alpha value is -1.63. The molecule has 0 saturated heterocycles. The van der Waals surface area contributed by atoms with Crippen molar-refractivity contribution in [3.8, 4) is 0 Å². The number of H-pyrrole nitrogens is 1. The molecule has 6 nitrogen and oxygen atoms in total. The number of aromatic amines is 1. The molecule has 2 rings (SSSR count). The van der Waals surface area contributed by atoms with Crippen LogP contribution in [0.25, 0.3) is 0 Å². The van der Waals surface area contributed by atoms with E-state index in [0.717, 1.165) is 0 Å². The zero-order valence-corrected chi connectivity index (χ0v) is 9.33. The largest absolute Gasteiger partial charge is 0.444 e. The standard InChI is InChI=1S/C8H7BrN4O2/c1-4-10-8(13-12-4)11-7(14)5-2-3-6(9)15-5/h2-3H,1H3,(H2,10,11,12,13,14). The fourth-order valence-electron chi connectivity index (χ4n) is 0.998. The van der Waals surface area contributed by atoms with Crippen LogP contribution >= 0.6 is 15.9 Å². The summed E-state index contributed by atoms with van der Waals surface area (Å²) >= 11 is 3.11. The Morgan fingerprint density at radius 3 is 2.93 bits per heavy atom. The van der Waals surface area contributed by atoms with E-state index in [-0.39, 0.29) is 17.6 Å². The maximum absolute atomic E-state index is 11.5. The molecule has 2 N–H and O–H groups in total. The molecule has 0 aliphatic rings. The highest BCUT2D eigenvalue weighted by Crippen LogP contribution is 2.14. The van der Waals surface area contributed by atoms with Gasteiger partial charge >= 0.3 is 0 Å². The monoisotopic (exact) mass is 270 g/mol. The highest BCUT2D eigenvalue weighted by atomic mass is 79.9. The van der Waals surface area contributed by atoms with Gasteiger partial charge in [0, 0.05) is 0 Å². The molecule has 0 aliphatic heterocycles. The van der Waals surface area contributed by atoms with Crippen molar-refractivity contribution in [2.45, 2.75) is 6.92 Å². The van der Waals surface area contributed by atoms with Crippen LogP contribution in [0.4, 0.5) is 5.95 Å². The minimum absolute atomic E-state index is 0.198. The van der Waals surface area contributed by atoms with Crippen molar-refractivity contribution < 1.29 is 9.21 Å². The van der Waals surface area contributed by atoms with Gasteiger partial charge in [-0.15, -0.1) is 5.10 Å². The summed E-state index contributed by atoms with van der Waals surface area (Å²) in [7, 11) is 0. The Labute approximate surface area is 93.2 Å². The van der Waals surface area contributed by atoms with Crippen LogP contribution in [-0.4, -0.2) is 21.1 Å². The minimum Gasteiger partial charge on any atom is -0.444 e. The number of nitrogens with zero attached hydrogens (tertiary/aromatic N) is 2. The first-order chi connectivity index (χ1) is 7.15. The molecular formula is C8H7BrN4O2. The normalized spacial score (nSPS) is 10.3. The maximum Gasteiger partial charge on any atom is 0.293 e. The van der Waals surface area contributed by atoms with Gasteiger partial charge in [0.25, 0.3) is 5.91 Å². The molecule has 0 aromatic carbocycles. The SMILES string of the molecule is Cc1nc(NC(=O)c2ccc(Br)o2)n[nH]1. The second-order valence-corrected chi connectivity index (χ2v) is 3.58. The number of carbonyl (C=O) groups excluding carboxylic acids is 1. The van der Waals surface area contributed by atoms with Crippen LogP contribution in [0.1, 0.15) is 16.4 Å². The summed E-state index contributed by atoms with van der Waals surface area (Å²) in [6, 6.07) is 3.19. The predicted octanol–water partition coefficient (Wildman–Crippen LogP) is 1.72. The highest BCUT2D eigenvalue weighted by Gasteiger charge is 2.12. The summed E-state index contributed by atoms with van der Waals surface area (Å²) in [5.74, 6) is 0.667. The Morgan fingerprint density at radius 2 is 2.40 bits per heavy atom. The molecule has 0 bridgehead atoms. The zero-order valence-electron chi connectivity index (χ0n) is 7.74. The lowest BCUT2D eigenvalue weighted by molar-refractivity contribution is 0.0994. The van der Waals surface area contributed by atoms with Crippen LogP contribution in [0, 0.1) is 6.92 Å². The van der Waals surface area contributed by atoms with Crippen molar-refractivity contribution in [3.63, 3.8) is 0 Å². The predicted molar refractivity (Wildman–Crippen MR) is 55.5 cm³/mol. The van der Waals surface area contributed by atoms with E-state index in [1.165, 1.54) is 0 Å². The molecule has 7 heteroatoms. The maximum atomic E-state index is 11.5. The molecule has 15 heavy (non-hydrogen) atoms. The van der Waals surface area contributed by atoms with Crippen LogP contribution in [-0.2, 0) is 0 Å². The van der Waals surface area contributed by atoms with E-state index in [4.69, 9.17) is 4.42 Å². The van der Waals surface area contributed by atoms with Gasteiger partial charge in [-0.1, -0.05) is 0 Å². The smallest absolute Gasteiger partial charge is 0.293 e. The first kappa shape index (κ1) is 9.91. The van der Waals surface area contributed by atoms with Gasteiger partial charge in [0.1, 0.15) is 5.82 Å². The van der Waals surface area contributed by atoms with Crippen molar-refractivity contribution in [2.24, 2.45) is 0 Å². The van der Waals surface area contributed by atoms with Gasteiger partial charge in [0.15, 0.2) is 10.4 Å². The van der Waals surface area contributed by atoms with Crippen molar-refractivity contribution in [2.75, 3.05) is 5.32 Å². The van der Waals surface area contributed by atoms with E-state index in [1.54, 1.807) is 19.1 Å². The third kappa shape index (κ3) is 2.24. The number of halogens is 1. The quantitative estimate of drug-likeness (QED) is 0.871. The summed E-state index contributed by atoms with van der Waals surface area (Å²) in [4.78, 5) is 15.4. The number of anilines is 1. The number of furan rings is 1. The molecule has 0 atom stereocenters. The summed E-state index contributed by atoms with van der Waals surface area (Å²) < 4.78 is 5.56. The number of rotatable bonds is 2. The topological polar surface area (TPSA) is 83.8 Å². The summed E-state index contributed by atoms with van der Waals surface area (Å²) in [5, 5.41) is 8.87. The second-order valence-electron chi connectivity index (χ2n) is 2.80. The van der Waals surface area contributed by atoms with Crippen LogP contribution in [0.3, 0.4) is 0 Å². The first-order valence-electron chi connectivity index (χ1n) is 4.11. The molecule has 2 aromatic rings. The van der Waals surface area contributed by atoms with E-state index in [9.17, 15) is 4.79 Å². The number of aryl methyl sites for hydroxylation is 1. The number of nitrogens with one attached hydrogen (secondary N) is 2. The van der Waals surface area contributed by atoms with Crippen LogP contribution in [0.15, 0.2) is 21.2 Å². The highest BCUT2D eigenvalue weighted by molar-refractivity contribution is 9.10. The summed E-state index contributed by atoms with van der Waals surface area (Å²) in [6.07, 6.45) is 0. The lowest BCUT2D eigenvalue weighted by atomic mass is 10.4. The molecule has 2 heterocycles. The molecule has 78 valence electrons. The Morgan fingerprint density at radius 1 is 1.60 bits per heavy atom. The third-order valence-corrected chi connectivity index (χ3v) is 2.05. The van der Waals surface area contributed by atoms with Crippen molar-refractivity contribution >= 4 is 27.8 Å². The molecule has 0 radical (unpaired) electrons. The van der Waals surface area contributed by atoms with Gasteiger partial charge in [0.05, 0.1) is 0 Å². The van der Waals surface area contributed by atoms with E-state index < -0.39 is 0 Å². The van der Waals surface area contributed by atoms with Crippen molar-refractivity contribution in [1.29, 1.82) is 0 Å². The lowest BCUT2D eigenvalue weighted by Gasteiger charge is -1.95. The van der Waals surface area contributed by atoms with Crippen molar-refractivity contribution in [3.05, 3.63) is 28.4 Å². The van der Waals surface area contributed by atoms with Gasteiger partial charge in [-0.05, 0) is 35.0 Å². The van der Waals surface area contributed by atoms with Crippen LogP contribution < -0.4 is 5.32 Å². The van der Waals surface area contributed by atoms with Gasteiger partial charge in [-0.2, -0.15) is 4.98 Å². The average molecular weight is 271 g/mol. The van der Waals surface area contributed by atoms with E-state index in [0.29, 0.717) is 10.5 Å². The van der Waals surface area contributed by atoms with E-state index >= 15 is 0 Å². The first-order valence-corrected chi connectivity index (χ1v) is 4.90. The Balaban J connectivity index is 2.10. The molecule has 0 unspecified atom stereocenters. The fourth-order valence-corrected chi connectivity index (χ4v) is 1.30.